The van der Waals surface area contributed by atoms with Crippen LogP contribution in [0.1, 0.15) is 45.2 Å². The predicted molar refractivity (Wildman–Crippen MR) is 103 cm³/mol. The SMILES string of the molecule is COC(=O)/C=C(/Nc1c2c(cc3[nH]ncc13)C(C)(C)CC2(C)C)C(=O)OC. The number of methoxy groups -OCH3 is 2. The predicted octanol–water partition coefficient (Wildman–Crippen LogP) is 3.16. The Morgan fingerprint density at radius 1 is 1.19 bits per heavy atom. The van der Waals surface area contributed by atoms with Gasteiger partial charge < -0.3 is 14.8 Å². The van der Waals surface area contributed by atoms with Crippen molar-refractivity contribution in [3.05, 3.63) is 35.2 Å². The molecule has 1 heterocycles. The second-order valence-electron chi connectivity index (χ2n) is 8.15. The molecule has 7 nitrogen and oxygen atoms in total. The summed E-state index contributed by atoms with van der Waals surface area (Å²) in [6.07, 6.45) is 3.77. The van der Waals surface area contributed by atoms with Crippen molar-refractivity contribution in [3.63, 3.8) is 0 Å². The molecule has 0 saturated carbocycles. The number of benzene rings is 1. The maximum absolute atomic E-state index is 12.2. The van der Waals surface area contributed by atoms with Crippen LogP contribution in [0.2, 0.25) is 0 Å². The number of esters is 2. The van der Waals surface area contributed by atoms with Crippen LogP contribution in [0, 0.1) is 0 Å². The van der Waals surface area contributed by atoms with E-state index in [0.29, 0.717) is 0 Å². The van der Waals surface area contributed by atoms with E-state index in [1.807, 2.05) is 0 Å². The number of H-pyrrole nitrogens is 1. The number of ether oxygens (including phenoxy) is 2. The molecule has 144 valence electrons. The monoisotopic (exact) mass is 371 g/mol. The van der Waals surface area contributed by atoms with E-state index < -0.39 is 11.9 Å². The van der Waals surface area contributed by atoms with E-state index in [1.54, 1.807) is 6.20 Å². The molecule has 1 aliphatic carbocycles. The molecule has 0 atom stereocenters. The summed E-state index contributed by atoms with van der Waals surface area (Å²) in [6, 6.07) is 2.12. The van der Waals surface area contributed by atoms with Crippen LogP contribution in [0.3, 0.4) is 0 Å². The molecular weight excluding hydrogens is 346 g/mol. The highest BCUT2D eigenvalue weighted by molar-refractivity contribution is 6.03. The zero-order valence-corrected chi connectivity index (χ0v) is 16.5. The van der Waals surface area contributed by atoms with E-state index >= 15 is 0 Å². The number of carbonyl (C=O) groups is 2. The molecule has 0 bridgehead atoms. The molecule has 2 aromatic rings. The van der Waals surface area contributed by atoms with Gasteiger partial charge in [-0.2, -0.15) is 5.10 Å². The van der Waals surface area contributed by atoms with Crippen LogP contribution in [0.4, 0.5) is 5.69 Å². The minimum absolute atomic E-state index is 0.0146. The normalized spacial score (nSPS) is 17.5. The Morgan fingerprint density at radius 3 is 2.52 bits per heavy atom. The summed E-state index contributed by atoms with van der Waals surface area (Å²) in [7, 11) is 2.53. The maximum atomic E-state index is 12.2. The lowest BCUT2D eigenvalue weighted by Crippen LogP contribution is -2.20. The van der Waals surface area contributed by atoms with Gasteiger partial charge in [0.05, 0.1) is 37.7 Å². The van der Waals surface area contributed by atoms with Crippen molar-refractivity contribution in [2.75, 3.05) is 19.5 Å². The summed E-state index contributed by atoms with van der Waals surface area (Å²) in [5.74, 6) is -1.29. The van der Waals surface area contributed by atoms with E-state index in [-0.39, 0.29) is 16.5 Å². The first kappa shape index (κ1) is 18.9. The van der Waals surface area contributed by atoms with Gasteiger partial charge in [0.25, 0.3) is 0 Å². The fraction of sp³-hybridized carbons (Fsp3) is 0.450. The molecule has 1 aliphatic rings. The van der Waals surface area contributed by atoms with Crippen LogP contribution in [0.25, 0.3) is 10.9 Å². The molecule has 2 N–H and O–H groups in total. The van der Waals surface area contributed by atoms with Crippen LogP contribution >= 0.6 is 0 Å². The minimum Gasteiger partial charge on any atom is -0.466 e. The molecule has 0 amide bonds. The molecular formula is C20H25N3O4. The molecule has 7 heteroatoms. The molecule has 3 rings (SSSR count). The third kappa shape index (κ3) is 3.18. The summed E-state index contributed by atoms with van der Waals surface area (Å²) < 4.78 is 9.51. The highest BCUT2D eigenvalue weighted by atomic mass is 16.5. The van der Waals surface area contributed by atoms with Gasteiger partial charge in [-0.15, -0.1) is 0 Å². The molecule has 27 heavy (non-hydrogen) atoms. The summed E-state index contributed by atoms with van der Waals surface area (Å²) >= 11 is 0. The molecule has 0 fully saturated rings. The molecule has 0 unspecified atom stereocenters. The molecule has 0 saturated heterocycles. The van der Waals surface area contributed by atoms with Crippen LogP contribution in [0.5, 0.6) is 0 Å². The number of fused-ring (bicyclic) bond motifs is 2. The van der Waals surface area contributed by atoms with Gasteiger partial charge in [0, 0.05) is 5.39 Å². The average Bonchev–Trinajstić information content (AvgIpc) is 3.13. The van der Waals surface area contributed by atoms with Crippen molar-refractivity contribution >= 4 is 28.5 Å². The lowest BCUT2D eigenvalue weighted by molar-refractivity contribution is -0.138. The molecule has 0 aliphatic heterocycles. The second-order valence-corrected chi connectivity index (χ2v) is 8.15. The Kier molecular flexibility index (Phi) is 4.49. The molecule has 0 radical (unpaired) electrons. The zero-order chi connectivity index (χ0) is 20.0. The Labute approximate surface area is 158 Å². The topological polar surface area (TPSA) is 93.3 Å². The van der Waals surface area contributed by atoms with Crippen molar-refractivity contribution in [1.82, 2.24) is 10.2 Å². The lowest BCUT2D eigenvalue weighted by Gasteiger charge is -2.24. The average molecular weight is 371 g/mol. The fourth-order valence-corrected chi connectivity index (χ4v) is 4.31. The van der Waals surface area contributed by atoms with Gasteiger partial charge in [-0.1, -0.05) is 27.7 Å². The van der Waals surface area contributed by atoms with Crippen molar-refractivity contribution < 1.29 is 19.1 Å². The third-order valence-corrected chi connectivity index (χ3v) is 5.16. The van der Waals surface area contributed by atoms with E-state index in [0.717, 1.165) is 34.7 Å². The van der Waals surface area contributed by atoms with Gasteiger partial charge in [0.2, 0.25) is 0 Å². The second kappa shape index (κ2) is 6.40. The quantitative estimate of drug-likeness (QED) is 0.633. The number of aromatic amines is 1. The lowest BCUT2D eigenvalue weighted by atomic mass is 9.81. The van der Waals surface area contributed by atoms with Gasteiger partial charge >= 0.3 is 11.9 Å². The standard InChI is InChI=1S/C20H25N3O4/c1-19(2)10-20(3,4)16-12(19)7-13-11(9-21-23-13)17(16)22-14(18(25)27-6)8-15(24)26-5/h7-9,22H,10H2,1-6H3,(H,21,23)/b14-8+. The van der Waals surface area contributed by atoms with Crippen LogP contribution < -0.4 is 5.32 Å². The number of hydrogen-bond acceptors (Lipinski definition) is 6. The van der Waals surface area contributed by atoms with Crippen molar-refractivity contribution in [1.29, 1.82) is 0 Å². The zero-order valence-electron chi connectivity index (χ0n) is 16.5. The number of anilines is 1. The number of nitrogens with one attached hydrogen (secondary N) is 2. The molecule has 1 aromatic heterocycles. The minimum atomic E-state index is -0.648. The van der Waals surface area contributed by atoms with Crippen molar-refractivity contribution in [2.24, 2.45) is 0 Å². The van der Waals surface area contributed by atoms with Gasteiger partial charge in [-0.3, -0.25) is 5.10 Å². The fourth-order valence-electron chi connectivity index (χ4n) is 4.31. The van der Waals surface area contributed by atoms with Gasteiger partial charge in [-0.05, 0) is 34.4 Å². The number of nitrogens with zero attached hydrogens (tertiary/aromatic N) is 1. The highest BCUT2D eigenvalue weighted by Crippen LogP contribution is 2.53. The Bertz CT molecular complexity index is 954. The highest BCUT2D eigenvalue weighted by Gasteiger charge is 2.44. The Morgan fingerprint density at radius 2 is 1.89 bits per heavy atom. The summed E-state index contributed by atoms with van der Waals surface area (Å²) in [4.78, 5) is 24.0. The third-order valence-electron chi connectivity index (χ3n) is 5.16. The summed E-state index contributed by atoms with van der Waals surface area (Å²) in [6.45, 7) is 8.77. The van der Waals surface area contributed by atoms with E-state index in [2.05, 4.69) is 54.0 Å². The summed E-state index contributed by atoms with van der Waals surface area (Å²) in [5.41, 5.74) is 3.78. The van der Waals surface area contributed by atoms with Crippen molar-refractivity contribution in [2.45, 2.75) is 44.9 Å². The first-order chi connectivity index (χ1) is 12.6. The first-order valence-electron chi connectivity index (χ1n) is 8.77. The number of rotatable bonds is 4. The van der Waals surface area contributed by atoms with E-state index in [4.69, 9.17) is 4.74 Å². The number of carbonyl (C=O) groups excluding carboxylic acids is 2. The molecule has 0 spiro atoms. The first-order valence-corrected chi connectivity index (χ1v) is 8.77. The van der Waals surface area contributed by atoms with Gasteiger partial charge in [0.1, 0.15) is 5.70 Å². The largest absolute Gasteiger partial charge is 0.466 e. The van der Waals surface area contributed by atoms with Gasteiger partial charge in [0.15, 0.2) is 0 Å². The Balaban J connectivity index is 2.25. The van der Waals surface area contributed by atoms with E-state index in [1.165, 1.54) is 19.8 Å². The Hall–Kier alpha value is -2.83. The van der Waals surface area contributed by atoms with Crippen LogP contribution in [-0.4, -0.2) is 36.4 Å². The summed E-state index contributed by atoms with van der Waals surface area (Å²) in [5, 5.41) is 11.2. The maximum Gasteiger partial charge on any atom is 0.354 e. The van der Waals surface area contributed by atoms with Crippen molar-refractivity contribution in [3.8, 4) is 0 Å². The molecule has 1 aromatic carbocycles. The van der Waals surface area contributed by atoms with Crippen LogP contribution in [0.15, 0.2) is 24.0 Å². The van der Waals surface area contributed by atoms with E-state index in [9.17, 15) is 9.59 Å². The van der Waals surface area contributed by atoms with Crippen LogP contribution in [-0.2, 0) is 29.9 Å². The number of hydrogen-bond donors (Lipinski definition) is 2. The smallest absolute Gasteiger partial charge is 0.354 e. The van der Waals surface area contributed by atoms with Gasteiger partial charge in [-0.25, -0.2) is 9.59 Å². The number of aromatic nitrogens is 2.